The number of nitrogens with zero attached hydrogens (tertiary/aromatic N) is 2. The molecular formula is C16H13N3O3. The second kappa shape index (κ2) is 6.09. The lowest BCUT2D eigenvalue weighted by atomic mass is 10.2. The Balaban J connectivity index is 1.74. The number of amides is 1. The van der Waals surface area contributed by atoms with Crippen molar-refractivity contribution in [2.45, 2.75) is 0 Å². The van der Waals surface area contributed by atoms with Gasteiger partial charge in [0.25, 0.3) is 5.91 Å². The molecule has 6 nitrogen and oxygen atoms in total. The number of nitrogens with one attached hydrogen (secondary N) is 1. The first kappa shape index (κ1) is 13.8. The number of hydrogen-bond donors (Lipinski definition) is 1. The van der Waals surface area contributed by atoms with Gasteiger partial charge in [-0.25, -0.2) is 9.97 Å². The fraction of sp³-hybridized carbons (Fsp3) is 0.0625. The summed E-state index contributed by atoms with van der Waals surface area (Å²) in [5, 5.41) is 2.75. The molecular weight excluding hydrogens is 282 g/mol. The molecule has 0 spiro atoms. The summed E-state index contributed by atoms with van der Waals surface area (Å²) in [6.07, 6.45) is 4.68. The van der Waals surface area contributed by atoms with Crippen molar-refractivity contribution in [3.8, 4) is 17.1 Å². The fourth-order valence-corrected chi connectivity index (χ4v) is 1.91. The van der Waals surface area contributed by atoms with Crippen LogP contribution in [-0.4, -0.2) is 23.0 Å². The normalized spacial score (nSPS) is 10.2. The summed E-state index contributed by atoms with van der Waals surface area (Å²) < 4.78 is 10.6. The molecule has 0 bridgehead atoms. The van der Waals surface area contributed by atoms with E-state index in [9.17, 15) is 4.79 Å². The maximum atomic E-state index is 12.1. The summed E-state index contributed by atoms with van der Waals surface area (Å²) >= 11 is 0. The summed E-state index contributed by atoms with van der Waals surface area (Å²) in [4.78, 5) is 20.0. The lowest BCUT2D eigenvalue weighted by molar-refractivity contribution is 0.0997. The zero-order chi connectivity index (χ0) is 15.4. The number of furan rings is 1. The number of carbonyl (C=O) groups excluding carboxylic acids is 1. The van der Waals surface area contributed by atoms with Gasteiger partial charge in [-0.15, -0.1) is 0 Å². The van der Waals surface area contributed by atoms with E-state index in [-0.39, 0.29) is 11.7 Å². The highest BCUT2D eigenvalue weighted by molar-refractivity contribution is 6.02. The predicted molar refractivity (Wildman–Crippen MR) is 80.7 cm³/mol. The Kier molecular flexibility index (Phi) is 3.82. The molecule has 1 N–H and O–H groups in total. The molecule has 0 radical (unpaired) electrons. The van der Waals surface area contributed by atoms with Gasteiger partial charge in [-0.3, -0.25) is 4.79 Å². The van der Waals surface area contributed by atoms with Crippen LogP contribution >= 0.6 is 0 Å². The molecule has 0 aliphatic carbocycles. The second-order valence-electron chi connectivity index (χ2n) is 4.47. The number of rotatable bonds is 4. The van der Waals surface area contributed by atoms with Crippen molar-refractivity contribution in [2.75, 3.05) is 12.4 Å². The van der Waals surface area contributed by atoms with Crippen LogP contribution in [0.1, 0.15) is 10.6 Å². The van der Waals surface area contributed by atoms with E-state index in [1.165, 1.54) is 6.33 Å². The SMILES string of the molecule is COc1ccc(NC(=O)c2ccc(-c3cncnc3)o2)cc1. The minimum Gasteiger partial charge on any atom is -0.497 e. The first-order valence-electron chi connectivity index (χ1n) is 6.57. The van der Waals surface area contributed by atoms with E-state index in [4.69, 9.17) is 9.15 Å². The van der Waals surface area contributed by atoms with Crippen LogP contribution in [0.4, 0.5) is 5.69 Å². The van der Waals surface area contributed by atoms with E-state index >= 15 is 0 Å². The molecule has 0 atom stereocenters. The number of ether oxygens (including phenoxy) is 1. The number of aromatic nitrogens is 2. The van der Waals surface area contributed by atoms with Crippen molar-refractivity contribution < 1.29 is 13.9 Å². The van der Waals surface area contributed by atoms with Crippen molar-refractivity contribution in [3.05, 3.63) is 60.9 Å². The summed E-state index contributed by atoms with van der Waals surface area (Å²) in [5.74, 6) is 1.16. The molecule has 0 unspecified atom stereocenters. The van der Waals surface area contributed by atoms with Crippen molar-refractivity contribution in [1.29, 1.82) is 0 Å². The van der Waals surface area contributed by atoms with Gasteiger partial charge in [-0.1, -0.05) is 0 Å². The zero-order valence-electron chi connectivity index (χ0n) is 11.8. The molecule has 0 saturated carbocycles. The largest absolute Gasteiger partial charge is 0.497 e. The van der Waals surface area contributed by atoms with Crippen molar-refractivity contribution in [2.24, 2.45) is 0 Å². The van der Waals surface area contributed by atoms with Gasteiger partial charge in [0.15, 0.2) is 5.76 Å². The summed E-state index contributed by atoms with van der Waals surface area (Å²) in [6.45, 7) is 0. The Morgan fingerprint density at radius 2 is 1.82 bits per heavy atom. The quantitative estimate of drug-likeness (QED) is 0.800. The highest BCUT2D eigenvalue weighted by atomic mass is 16.5. The topological polar surface area (TPSA) is 77.2 Å². The van der Waals surface area contributed by atoms with Gasteiger partial charge >= 0.3 is 0 Å². The second-order valence-corrected chi connectivity index (χ2v) is 4.47. The highest BCUT2D eigenvalue weighted by Crippen LogP contribution is 2.21. The summed E-state index contributed by atoms with van der Waals surface area (Å²) in [6, 6.07) is 10.4. The number of benzene rings is 1. The molecule has 2 aromatic heterocycles. The molecule has 0 fully saturated rings. The monoisotopic (exact) mass is 295 g/mol. The zero-order valence-corrected chi connectivity index (χ0v) is 11.8. The van der Waals surface area contributed by atoms with Crippen LogP contribution in [0.3, 0.4) is 0 Å². The molecule has 0 aliphatic rings. The van der Waals surface area contributed by atoms with Crippen LogP contribution < -0.4 is 10.1 Å². The molecule has 6 heteroatoms. The van der Waals surface area contributed by atoms with Crippen LogP contribution in [0.5, 0.6) is 5.75 Å². The Morgan fingerprint density at radius 1 is 1.09 bits per heavy atom. The Labute approximate surface area is 126 Å². The predicted octanol–water partition coefficient (Wildman–Crippen LogP) is 3.00. The van der Waals surface area contributed by atoms with Crippen LogP contribution in [0, 0.1) is 0 Å². The summed E-state index contributed by atoms with van der Waals surface area (Å²) in [7, 11) is 1.59. The van der Waals surface area contributed by atoms with Crippen LogP contribution in [0.25, 0.3) is 11.3 Å². The standard InChI is InChI=1S/C16H13N3O3/c1-21-13-4-2-12(3-5-13)19-16(20)15-7-6-14(22-15)11-8-17-10-18-9-11/h2-10H,1H3,(H,19,20). The lowest BCUT2D eigenvalue weighted by Gasteiger charge is -2.04. The third-order valence-electron chi connectivity index (χ3n) is 3.02. The van der Waals surface area contributed by atoms with Gasteiger partial charge in [-0.05, 0) is 36.4 Å². The smallest absolute Gasteiger partial charge is 0.291 e. The van der Waals surface area contributed by atoms with Crippen molar-refractivity contribution >= 4 is 11.6 Å². The molecule has 1 aromatic carbocycles. The number of anilines is 1. The minimum absolute atomic E-state index is 0.217. The molecule has 0 saturated heterocycles. The molecule has 3 aromatic rings. The van der Waals surface area contributed by atoms with E-state index in [1.54, 1.807) is 55.9 Å². The maximum absolute atomic E-state index is 12.1. The van der Waals surface area contributed by atoms with Crippen molar-refractivity contribution in [1.82, 2.24) is 9.97 Å². The van der Waals surface area contributed by atoms with E-state index in [0.29, 0.717) is 17.0 Å². The molecule has 110 valence electrons. The van der Waals surface area contributed by atoms with E-state index in [0.717, 1.165) is 5.75 Å². The molecule has 22 heavy (non-hydrogen) atoms. The summed E-state index contributed by atoms with van der Waals surface area (Å²) in [5.41, 5.74) is 1.37. The van der Waals surface area contributed by atoms with E-state index in [1.807, 2.05) is 0 Å². The number of methoxy groups -OCH3 is 1. The minimum atomic E-state index is -0.326. The van der Waals surface area contributed by atoms with E-state index < -0.39 is 0 Å². The molecule has 0 aliphatic heterocycles. The maximum Gasteiger partial charge on any atom is 0.291 e. The lowest BCUT2D eigenvalue weighted by Crippen LogP contribution is -2.10. The first-order chi connectivity index (χ1) is 10.8. The van der Waals surface area contributed by atoms with E-state index in [2.05, 4.69) is 15.3 Å². The number of hydrogen-bond acceptors (Lipinski definition) is 5. The molecule has 1 amide bonds. The highest BCUT2D eigenvalue weighted by Gasteiger charge is 2.12. The Morgan fingerprint density at radius 3 is 2.50 bits per heavy atom. The molecule has 3 rings (SSSR count). The van der Waals surface area contributed by atoms with Gasteiger partial charge in [-0.2, -0.15) is 0 Å². The van der Waals surface area contributed by atoms with Gasteiger partial charge < -0.3 is 14.5 Å². The first-order valence-corrected chi connectivity index (χ1v) is 6.57. The average Bonchev–Trinajstić information content (AvgIpc) is 3.06. The van der Waals surface area contributed by atoms with Crippen molar-refractivity contribution in [3.63, 3.8) is 0 Å². The fourth-order valence-electron chi connectivity index (χ4n) is 1.91. The van der Waals surface area contributed by atoms with Crippen LogP contribution in [0.2, 0.25) is 0 Å². The molecule has 2 heterocycles. The van der Waals surface area contributed by atoms with Crippen LogP contribution in [0.15, 0.2) is 59.5 Å². The van der Waals surface area contributed by atoms with Gasteiger partial charge in [0.05, 0.1) is 12.7 Å². The van der Waals surface area contributed by atoms with Crippen LogP contribution in [-0.2, 0) is 0 Å². The average molecular weight is 295 g/mol. The van der Waals surface area contributed by atoms with Gasteiger partial charge in [0, 0.05) is 18.1 Å². The Bertz CT molecular complexity index is 767. The number of carbonyl (C=O) groups is 1. The third-order valence-corrected chi connectivity index (χ3v) is 3.02. The van der Waals surface area contributed by atoms with Gasteiger partial charge in [0.2, 0.25) is 0 Å². The Hall–Kier alpha value is -3.15. The third kappa shape index (κ3) is 2.95. The van der Waals surface area contributed by atoms with Gasteiger partial charge in [0.1, 0.15) is 17.8 Å².